The number of aromatic nitrogens is 1. The van der Waals surface area contributed by atoms with Crippen LogP contribution in [0.3, 0.4) is 0 Å². The standard InChI is InChI=1S/C25H28FN3O3/c1-16-7-9-18(10-8-16)27-24(31)25(2)15-28-20-11-12-32-22(20)13-21(28)23(30)29(25)14-17-5-3-4-6-19(17)26/h3-6,11-13,16,18H,7-10,14-15H2,1-2H3,(H,27,31)/t16?,18?,25-/m0/s1. The van der Waals surface area contributed by atoms with E-state index in [0.29, 0.717) is 22.8 Å². The maximum absolute atomic E-state index is 14.5. The molecule has 2 aromatic heterocycles. The Morgan fingerprint density at radius 2 is 1.97 bits per heavy atom. The highest BCUT2D eigenvalue weighted by molar-refractivity contribution is 6.02. The van der Waals surface area contributed by atoms with E-state index in [-0.39, 0.29) is 36.8 Å². The molecule has 1 fully saturated rings. The molecule has 6 nitrogen and oxygen atoms in total. The molecular formula is C25H28FN3O3. The van der Waals surface area contributed by atoms with Crippen LogP contribution in [-0.2, 0) is 17.9 Å². The second kappa shape index (κ2) is 7.80. The van der Waals surface area contributed by atoms with Gasteiger partial charge in [-0.15, -0.1) is 0 Å². The zero-order chi connectivity index (χ0) is 22.5. The van der Waals surface area contributed by atoms with Crippen molar-refractivity contribution in [3.8, 4) is 0 Å². The zero-order valence-corrected chi connectivity index (χ0v) is 18.4. The number of hydrogen-bond acceptors (Lipinski definition) is 3. The lowest BCUT2D eigenvalue weighted by molar-refractivity contribution is -0.134. The van der Waals surface area contributed by atoms with Gasteiger partial charge in [-0.25, -0.2) is 4.39 Å². The van der Waals surface area contributed by atoms with E-state index in [1.165, 1.54) is 11.0 Å². The van der Waals surface area contributed by atoms with Gasteiger partial charge in [-0.3, -0.25) is 9.59 Å². The molecule has 3 aromatic rings. The second-order valence-corrected chi connectivity index (χ2v) is 9.47. The molecule has 3 heterocycles. The summed E-state index contributed by atoms with van der Waals surface area (Å²) in [4.78, 5) is 28.8. The maximum atomic E-state index is 14.5. The number of amides is 2. The van der Waals surface area contributed by atoms with Gasteiger partial charge < -0.3 is 19.2 Å². The molecule has 2 amide bonds. The van der Waals surface area contributed by atoms with Crippen LogP contribution in [-0.4, -0.2) is 32.9 Å². The van der Waals surface area contributed by atoms with Gasteiger partial charge in [0.1, 0.15) is 17.1 Å². The lowest BCUT2D eigenvalue weighted by Crippen LogP contribution is -2.64. The van der Waals surface area contributed by atoms with Crippen molar-refractivity contribution in [2.24, 2.45) is 5.92 Å². The fourth-order valence-electron chi connectivity index (χ4n) is 5.06. The predicted molar refractivity (Wildman–Crippen MR) is 118 cm³/mol. The first-order valence-corrected chi connectivity index (χ1v) is 11.3. The third-order valence-corrected chi connectivity index (χ3v) is 7.18. The first-order valence-electron chi connectivity index (χ1n) is 11.3. The minimum Gasteiger partial charge on any atom is -0.463 e. The van der Waals surface area contributed by atoms with Crippen LogP contribution in [0.2, 0.25) is 0 Å². The van der Waals surface area contributed by atoms with Crippen LogP contribution >= 0.6 is 0 Å². The van der Waals surface area contributed by atoms with Crippen LogP contribution in [0, 0.1) is 11.7 Å². The molecule has 0 unspecified atom stereocenters. The molecule has 1 aliphatic heterocycles. The van der Waals surface area contributed by atoms with E-state index in [4.69, 9.17) is 4.42 Å². The lowest BCUT2D eigenvalue weighted by Gasteiger charge is -2.45. The van der Waals surface area contributed by atoms with Crippen LogP contribution in [0.1, 0.15) is 55.6 Å². The normalized spacial score (nSPS) is 25.7. The minimum atomic E-state index is -1.17. The molecule has 1 atom stereocenters. The van der Waals surface area contributed by atoms with Crippen LogP contribution in [0.15, 0.2) is 47.1 Å². The number of halogens is 1. The first kappa shape index (κ1) is 20.8. The van der Waals surface area contributed by atoms with Gasteiger partial charge >= 0.3 is 0 Å². The van der Waals surface area contributed by atoms with Crippen molar-refractivity contribution in [2.75, 3.05) is 0 Å². The number of rotatable bonds is 4. The van der Waals surface area contributed by atoms with Crippen molar-refractivity contribution < 1.29 is 18.4 Å². The highest BCUT2D eigenvalue weighted by atomic mass is 19.1. The van der Waals surface area contributed by atoms with Crippen molar-refractivity contribution in [3.63, 3.8) is 0 Å². The van der Waals surface area contributed by atoms with Crippen molar-refractivity contribution in [1.82, 2.24) is 14.8 Å². The quantitative estimate of drug-likeness (QED) is 0.654. The molecule has 0 radical (unpaired) electrons. The number of furan rings is 1. The van der Waals surface area contributed by atoms with Gasteiger partial charge in [-0.05, 0) is 44.6 Å². The fraction of sp³-hybridized carbons (Fsp3) is 0.440. The number of carbonyl (C=O) groups is 2. The fourth-order valence-corrected chi connectivity index (χ4v) is 5.06. The molecule has 168 valence electrons. The molecule has 1 aromatic carbocycles. The number of hydrogen-bond donors (Lipinski definition) is 1. The summed E-state index contributed by atoms with van der Waals surface area (Å²) in [5.74, 6) is -0.220. The predicted octanol–water partition coefficient (Wildman–Crippen LogP) is 4.48. The Morgan fingerprint density at radius 1 is 1.22 bits per heavy atom. The molecule has 32 heavy (non-hydrogen) atoms. The topological polar surface area (TPSA) is 67.5 Å². The van der Waals surface area contributed by atoms with Gasteiger partial charge in [0.05, 0.1) is 24.9 Å². The summed E-state index contributed by atoms with van der Waals surface area (Å²) in [6, 6.07) is 9.99. The summed E-state index contributed by atoms with van der Waals surface area (Å²) >= 11 is 0. The summed E-state index contributed by atoms with van der Waals surface area (Å²) in [6.45, 7) is 4.31. The van der Waals surface area contributed by atoms with Crippen LogP contribution in [0.4, 0.5) is 4.39 Å². The SMILES string of the molecule is CC1CCC(NC(=O)[C@]2(C)Cn3c(cc4occc43)C(=O)N2Cc2ccccc2F)CC1. The van der Waals surface area contributed by atoms with Gasteiger partial charge in [-0.1, -0.05) is 25.1 Å². The molecule has 0 spiro atoms. The first-order chi connectivity index (χ1) is 15.4. The molecule has 2 aliphatic rings. The van der Waals surface area contributed by atoms with Gasteiger partial charge in [0, 0.05) is 23.7 Å². The Kier molecular flexibility index (Phi) is 5.07. The second-order valence-electron chi connectivity index (χ2n) is 9.47. The summed E-state index contributed by atoms with van der Waals surface area (Å²) < 4.78 is 21.8. The van der Waals surface area contributed by atoms with Crippen molar-refractivity contribution in [1.29, 1.82) is 0 Å². The third-order valence-electron chi connectivity index (χ3n) is 7.18. The summed E-state index contributed by atoms with van der Waals surface area (Å²) in [5, 5.41) is 3.20. The van der Waals surface area contributed by atoms with Crippen molar-refractivity contribution in [3.05, 3.63) is 59.7 Å². The van der Waals surface area contributed by atoms with Crippen LogP contribution in [0.25, 0.3) is 11.1 Å². The summed E-state index contributed by atoms with van der Waals surface area (Å²) in [6.07, 6.45) is 5.61. The molecule has 1 saturated carbocycles. The Bertz CT molecular complexity index is 1170. The van der Waals surface area contributed by atoms with Crippen LogP contribution < -0.4 is 5.32 Å². The Balaban J connectivity index is 1.52. The number of nitrogens with zero attached hydrogens (tertiary/aromatic N) is 2. The highest BCUT2D eigenvalue weighted by Gasteiger charge is 2.48. The van der Waals surface area contributed by atoms with Gasteiger partial charge in [-0.2, -0.15) is 0 Å². The molecule has 0 saturated heterocycles. The highest BCUT2D eigenvalue weighted by Crippen LogP contribution is 2.34. The molecule has 1 aliphatic carbocycles. The largest absolute Gasteiger partial charge is 0.463 e. The van der Waals surface area contributed by atoms with Crippen LogP contribution in [0.5, 0.6) is 0 Å². The van der Waals surface area contributed by atoms with E-state index in [9.17, 15) is 14.0 Å². The number of nitrogens with one attached hydrogen (secondary N) is 1. The van der Waals surface area contributed by atoms with E-state index in [1.54, 1.807) is 43.5 Å². The smallest absolute Gasteiger partial charge is 0.271 e. The molecule has 7 heteroatoms. The zero-order valence-electron chi connectivity index (χ0n) is 18.4. The van der Waals surface area contributed by atoms with Gasteiger partial charge in [0.15, 0.2) is 5.58 Å². The monoisotopic (exact) mass is 437 g/mol. The summed E-state index contributed by atoms with van der Waals surface area (Å²) in [7, 11) is 0. The number of benzene rings is 1. The maximum Gasteiger partial charge on any atom is 0.271 e. The Labute approximate surface area is 186 Å². The summed E-state index contributed by atoms with van der Waals surface area (Å²) in [5.41, 5.74) is 1.05. The molecule has 1 N–H and O–H groups in total. The average Bonchev–Trinajstić information content (AvgIpc) is 3.36. The Morgan fingerprint density at radius 3 is 2.72 bits per heavy atom. The van der Waals surface area contributed by atoms with E-state index < -0.39 is 5.54 Å². The van der Waals surface area contributed by atoms with Crippen molar-refractivity contribution >= 4 is 22.9 Å². The van der Waals surface area contributed by atoms with E-state index >= 15 is 0 Å². The van der Waals surface area contributed by atoms with E-state index in [2.05, 4.69) is 12.2 Å². The van der Waals surface area contributed by atoms with Gasteiger partial charge in [0.2, 0.25) is 5.91 Å². The van der Waals surface area contributed by atoms with E-state index in [0.717, 1.165) is 31.2 Å². The van der Waals surface area contributed by atoms with Crippen molar-refractivity contribution in [2.45, 2.75) is 64.2 Å². The third kappa shape index (κ3) is 3.40. The lowest BCUT2D eigenvalue weighted by atomic mass is 9.86. The molecule has 5 rings (SSSR count). The minimum absolute atomic E-state index is 0.0175. The molecular weight excluding hydrogens is 409 g/mol. The number of fused-ring (bicyclic) bond motifs is 3. The molecule has 0 bridgehead atoms. The number of carbonyl (C=O) groups excluding carboxylic acids is 2. The van der Waals surface area contributed by atoms with E-state index in [1.807, 2.05) is 4.57 Å². The Hall–Kier alpha value is -3.09. The average molecular weight is 438 g/mol. The van der Waals surface area contributed by atoms with Gasteiger partial charge in [0.25, 0.3) is 5.91 Å².